The molecular formula is C24H32N2O4S. The van der Waals surface area contributed by atoms with Gasteiger partial charge in [-0.3, -0.25) is 4.79 Å². The van der Waals surface area contributed by atoms with Gasteiger partial charge in [0.1, 0.15) is 10.6 Å². The van der Waals surface area contributed by atoms with Crippen LogP contribution in [0.25, 0.3) is 0 Å². The summed E-state index contributed by atoms with van der Waals surface area (Å²) >= 11 is 0. The van der Waals surface area contributed by atoms with E-state index >= 15 is 0 Å². The Kier molecular flexibility index (Phi) is 7.06. The predicted octanol–water partition coefficient (Wildman–Crippen LogP) is 4.48. The minimum absolute atomic E-state index is 0.0319. The molecule has 31 heavy (non-hydrogen) atoms. The zero-order valence-corrected chi connectivity index (χ0v) is 19.8. The van der Waals surface area contributed by atoms with Crippen LogP contribution in [0.3, 0.4) is 0 Å². The molecule has 1 N–H and O–H groups in total. The van der Waals surface area contributed by atoms with Crippen LogP contribution >= 0.6 is 0 Å². The number of benzene rings is 2. The van der Waals surface area contributed by atoms with E-state index in [1.807, 2.05) is 32.0 Å². The van der Waals surface area contributed by atoms with Crippen molar-refractivity contribution in [3.8, 4) is 5.75 Å². The Balaban J connectivity index is 1.96. The molecule has 6 nitrogen and oxygen atoms in total. The lowest BCUT2D eigenvalue weighted by Gasteiger charge is -2.34. The molecule has 1 heterocycles. The lowest BCUT2D eigenvalue weighted by atomic mass is 9.94. The van der Waals surface area contributed by atoms with Crippen molar-refractivity contribution in [3.63, 3.8) is 0 Å². The number of rotatable bonds is 6. The first-order chi connectivity index (χ1) is 14.7. The summed E-state index contributed by atoms with van der Waals surface area (Å²) in [7, 11) is -2.35. The molecule has 1 saturated heterocycles. The summed E-state index contributed by atoms with van der Waals surface area (Å²) in [5, 5.41) is 2.97. The lowest BCUT2D eigenvalue weighted by molar-refractivity contribution is 0.102. The van der Waals surface area contributed by atoms with E-state index in [1.165, 1.54) is 17.5 Å². The maximum atomic E-state index is 13.5. The van der Waals surface area contributed by atoms with Crippen molar-refractivity contribution < 1.29 is 17.9 Å². The molecule has 1 fully saturated rings. The Morgan fingerprint density at radius 2 is 1.84 bits per heavy atom. The number of anilines is 1. The van der Waals surface area contributed by atoms with Crippen molar-refractivity contribution in [2.75, 3.05) is 25.5 Å². The number of carbonyl (C=O) groups is 1. The van der Waals surface area contributed by atoms with E-state index in [0.29, 0.717) is 13.1 Å². The highest BCUT2D eigenvalue weighted by Gasteiger charge is 2.34. The standard InChI is InChI=1S/C24H32N2O4S/c1-6-19-9-7-8-18(4)23(19)25-24(27)20-10-11-21(30-5)22(13-20)31(28,29)26-14-16(2)12-17(3)15-26/h7-11,13,16-17H,6,12,14-15H2,1-5H3,(H,25,27)/t16-,17+. The van der Waals surface area contributed by atoms with Crippen LogP contribution in [-0.2, 0) is 16.4 Å². The molecule has 0 aromatic heterocycles. The molecular weight excluding hydrogens is 412 g/mol. The summed E-state index contributed by atoms with van der Waals surface area (Å²) in [6.07, 6.45) is 1.78. The number of nitrogens with one attached hydrogen (secondary N) is 1. The molecule has 168 valence electrons. The van der Waals surface area contributed by atoms with E-state index in [2.05, 4.69) is 19.2 Å². The van der Waals surface area contributed by atoms with Crippen LogP contribution in [0.4, 0.5) is 5.69 Å². The van der Waals surface area contributed by atoms with Crippen molar-refractivity contribution in [1.29, 1.82) is 0 Å². The fourth-order valence-corrected chi connectivity index (χ4v) is 6.21. The summed E-state index contributed by atoms with van der Waals surface area (Å²) in [6.45, 7) is 9.03. The van der Waals surface area contributed by atoms with Gasteiger partial charge >= 0.3 is 0 Å². The number of nitrogens with zero attached hydrogens (tertiary/aromatic N) is 1. The van der Waals surface area contributed by atoms with Crippen molar-refractivity contribution in [2.24, 2.45) is 11.8 Å². The summed E-state index contributed by atoms with van der Waals surface area (Å²) in [4.78, 5) is 13.1. The van der Waals surface area contributed by atoms with Crippen LogP contribution in [0.2, 0.25) is 0 Å². The van der Waals surface area contributed by atoms with Crippen LogP contribution in [0.15, 0.2) is 41.3 Å². The molecule has 0 radical (unpaired) electrons. The lowest BCUT2D eigenvalue weighted by Crippen LogP contribution is -2.42. The van der Waals surface area contributed by atoms with Crippen molar-refractivity contribution in [2.45, 2.75) is 45.4 Å². The van der Waals surface area contributed by atoms with Crippen LogP contribution in [0.1, 0.15) is 48.7 Å². The first-order valence-corrected chi connectivity index (χ1v) is 12.2. The molecule has 2 aromatic rings. The highest BCUT2D eigenvalue weighted by atomic mass is 32.2. The zero-order chi connectivity index (χ0) is 22.8. The van der Waals surface area contributed by atoms with Gasteiger partial charge in [0.25, 0.3) is 5.91 Å². The Morgan fingerprint density at radius 3 is 2.45 bits per heavy atom. The number of methoxy groups -OCH3 is 1. The Hall–Kier alpha value is -2.38. The van der Waals surface area contributed by atoms with E-state index in [1.54, 1.807) is 12.1 Å². The number of piperidine rings is 1. The molecule has 7 heteroatoms. The average Bonchev–Trinajstić information content (AvgIpc) is 2.73. The number of para-hydroxylation sites is 1. The quantitative estimate of drug-likeness (QED) is 0.713. The molecule has 0 bridgehead atoms. The van der Waals surface area contributed by atoms with Crippen molar-refractivity contribution >= 4 is 21.6 Å². The van der Waals surface area contributed by atoms with Gasteiger partial charge < -0.3 is 10.1 Å². The van der Waals surface area contributed by atoms with Gasteiger partial charge in [-0.05, 0) is 60.9 Å². The molecule has 2 aromatic carbocycles. The maximum Gasteiger partial charge on any atom is 0.255 e. The molecule has 0 spiro atoms. The second kappa shape index (κ2) is 9.40. The molecule has 3 rings (SSSR count). The number of aryl methyl sites for hydroxylation is 2. The third-order valence-electron chi connectivity index (χ3n) is 5.86. The van der Waals surface area contributed by atoms with E-state index in [-0.39, 0.29) is 34.0 Å². The van der Waals surface area contributed by atoms with Gasteiger partial charge in [-0.2, -0.15) is 4.31 Å². The predicted molar refractivity (Wildman–Crippen MR) is 123 cm³/mol. The fraction of sp³-hybridized carbons (Fsp3) is 0.458. The van der Waals surface area contributed by atoms with Gasteiger partial charge in [0.05, 0.1) is 7.11 Å². The van der Waals surface area contributed by atoms with E-state index in [4.69, 9.17) is 4.74 Å². The summed E-state index contributed by atoms with van der Waals surface area (Å²) in [5.41, 5.74) is 3.05. The second-order valence-electron chi connectivity index (χ2n) is 8.55. The van der Waals surface area contributed by atoms with Gasteiger partial charge in [0.2, 0.25) is 10.0 Å². The van der Waals surface area contributed by atoms with Gasteiger partial charge in [-0.25, -0.2) is 8.42 Å². The van der Waals surface area contributed by atoms with Gasteiger partial charge in [0.15, 0.2) is 0 Å². The first-order valence-electron chi connectivity index (χ1n) is 10.7. The topological polar surface area (TPSA) is 75.7 Å². The summed E-state index contributed by atoms with van der Waals surface area (Å²) in [5.74, 6) is 0.463. The normalized spacial score (nSPS) is 19.8. The summed E-state index contributed by atoms with van der Waals surface area (Å²) < 4.78 is 33.8. The number of sulfonamides is 1. The SMILES string of the molecule is CCc1cccc(C)c1NC(=O)c1ccc(OC)c(S(=O)(=O)N2C[C@H](C)C[C@H](C)C2)c1. The minimum Gasteiger partial charge on any atom is -0.495 e. The molecule has 1 aliphatic rings. The van der Waals surface area contributed by atoms with E-state index in [9.17, 15) is 13.2 Å². The zero-order valence-electron chi connectivity index (χ0n) is 18.9. The monoisotopic (exact) mass is 444 g/mol. The third-order valence-corrected chi connectivity index (χ3v) is 7.71. The Morgan fingerprint density at radius 1 is 1.16 bits per heavy atom. The maximum absolute atomic E-state index is 13.5. The number of ether oxygens (including phenoxy) is 1. The highest BCUT2D eigenvalue weighted by molar-refractivity contribution is 7.89. The molecule has 0 aliphatic carbocycles. The smallest absolute Gasteiger partial charge is 0.255 e. The van der Waals surface area contributed by atoms with Crippen LogP contribution in [-0.4, -0.2) is 38.8 Å². The Bertz CT molecular complexity index is 1060. The van der Waals surface area contributed by atoms with Gasteiger partial charge in [-0.1, -0.05) is 39.0 Å². The Labute approximate surface area is 185 Å². The largest absolute Gasteiger partial charge is 0.495 e. The van der Waals surface area contributed by atoms with Crippen molar-refractivity contribution in [1.82, 2.24) is 4.31 Å². The van der Waals surface area contributed by atoms with E-state index < -0.39 is 10.0 Å². The number of carbonyl (C=O) groups excluding carboxylic acids is 1. The van der Waals surface area contributed by atoms with Crippen LogP contribution in [0, 0.1) is 18.8 Å². The van der Waals surface area contributed by atoms with Crippen LogP contribution in [0.5, 0.6) is 5.75 Å². The van der Waals surface area contributed by atoms with Crippen molar-refractivity contribution in [3.05, 3.63) is 53.1 Å². The van der Waals surface area contributed by atoms with Gasteiger partial charge in [0, 0.05) is 24.3 Å². The second-order valence-corrected chi connectivity index (χ2v) is 10.5. The molecule has 0 saturated carbocycles. The fourth-order valence-electron chi connectivity index (χ4n) is 4.35. The highest BCUT2D eigenvalue weighted by Crippen LogP contribution is 2.32. The first kappa shape index (κ1) is 23.3. The summed E-state index contributed by atoms with van der Waals surface area (Å²) in [6, 6.07) is 10.5. The van der Waals surface area contributed by atoms with E-state index in [0.717, 1.165) is 29.7 Å². The number of amides is 1. The number of hydrogen-bond donors (Lipinski definition) is 1. The molecule has 0 unspecified atom stereocenters. The molecule has 1 aliphatic heterocycles. The number of hydrogen-bond acceptors (Lipinski definition) is 4. The third kappa shape index (κ3) is 4.93. The minimum atomic E-state index is -3.79. The molecule has 2 atom stereocenters. The molecule has 1 amide bonds. The average molecular weight is 445 g/mol. The van der Waals surface area contributed by atoms with Crippen LogP contribution < -0.4 is 10.1 Å². The van der Waals surface area contributed by atoms with Gasteiger partial charge in [-0.15, -0.1) is 0 Å².